The van der Waals surface area contributed by atoms with Crippen molar-refractivity contribution in [2.45, 2.75) is 31.6 Å². The summed E-state index contributed by atoms with van der Waals surface area (Å²) >= 11 is 1.77. The van der Waals surface area contributed by atoms with E-state index >= 15 is 0 Å². The Kier molecular flexibility index (Phi) is 1.69. The molecule has 1 aliphatic carbocycles. The van der Waals surface area contributed by atoms with Crippen molar-refractivity contribution in [1.82, 2.24) is 0 Å². The maximum atomic E-state index is 9.06. The smallest absolute Gasteiger partial charge is 0.0914 e. The molecule has 0 radical (unpaired) electrons. The van der Waals surface area contributed by atoms with Gasteiger partial charge < -0.3 is 0 Å². The zero-order valence-electron chi connectivity index (χ0n) is 7.13. The van der Waals surface area contributed by atoms with Gasteiger partial charge in [0.25, 0.3) is 0 Å². The Balaban J connectivity index is 2.35. The van der Waals surface area contributed by atoms with Crippen LogP contribution in [0.1, 0.15) is 29.0 Å². The molecule has 0 saturated heterocycles. The summed E-state index contributed by atoms with van der Waals surface area (Å²) in [6.07, 6.45) is 3.33. The third kappa shape index (κ3) is 0.971. The lowest BCUT2D eigenvalue weighted by Gasteiger charge is -2.34. The van der Waals surface area contributed by atoms with Crippen LogP contribution >= 0.6 is 11.3 Å². The van der Waals surface area contributed by atoms with Gasteiger partial charge in [-0.05, 0) is 38.3 Å². The molecular formula is C10H11NS. The van der Waals surface area contributed by atoms with Gasteiger partial charge in [0.1, 0.15) is 0 Å². The van der Waals surface area contributed by atoms with Crippen LogP contribution in [-0.2, 0) is 5.41 Å². The van der Waals surface area contributed by atoms with Crippen LogP contribution in [0.15, 0.2) is 12.1 Å². The Labute approximate surface area is 76.6 Å². The normalized spacial score (nSPS) is 19.7. The van der Waals surface area contributed by atoms with Gasteiger partial charge in [-0.1, -0.05) is 0 Å². The number of rotatable bonds is 1. The summed E-state index contributed by atoms with van der Waals surface area (Å²) in [4.78, 5) is 2.58. The fraction of sp³-hybridized carbons (Fsp3) is 0.500. The van der Waals surface area contributed by atoms with Gasteiger partial charge in [-0.2, -0.15) is 5.26 Å². The summed E-state index contributed by atoms with van der Waals surface area (Å²) in [5.74, 6) is 0. The Morgan fingerprint density at radius 3 is 2.58 bits per heavy atom. The van der Waals surface area contributed by atoms with E-state index < -0.39 is 0 Å². The predicted octanol–water partition coefficient (Wildman–Crippen LogP) is 3.00. The van der Waals surface area contributed by atoms with E-state index in [4.69, 9.17) is 5.26 Å². The number of hydrogen-bond acceptors (Lipinski definition) is 2. The molecule has 2 heteroatoms. The van der Waals surface area contributed by atoms with Gasteiger partial charge in [-0.3, -0.25) is 0 Å². The molecule has 1 aromatic rings. The second kappa shape index (κ2) is 2.60. The lowest BCUT2D eigenvalue weighted by Crippen LogP contribution is -2.31. The van der Waals surface area contributed by atoms with Crippen LogP contribution < -0.4 is 0 Å². The molecule has 0 bridgehead atoms. The van der Waals surface area contributed by atoms with Crippen molar-refractivity contribution in [1.29, 1.82) is 5.26 Å². The Morgan fingerprint density at radius 2 is 2.25 bits per heavy atom. The molecule has 0 spiro atoms. The van der Waals surface area contributed by atoms with Crippen LogP contribution in [0.5, 0.6) is 0 Å². The van der Waals surface area contributed by atoms with Gasteiger partial charge in [-0.25, -0.2) is 0 Å². The third-order valence-corrected chi connectivity index (χ3v) is 3.84. The van der Waals surface area contributed by atoms with Crippen molar-refractivity contribution in [3.63, 3.8) is 0 Å². The molecule has 62 valence electrons. The maximum absolute atomic E-state index is 9.06. The molecule has 1 heterocycles. The number of nitrogens with zero attached hydrogens (tertiary/aromatic N) is 1. The Morgan fingerprint density at radius 1 is 1.50 bits per heavy atom. The first-order valence-corrected chi connectivity index (χ1v) is 5.07. The Bertz CT molecular complexity index is 328. The fourth-order valence-corrected chi connectivity index (χ4v) is 2.70. The van der Waals surface area contributed by atoms with Crippen molar-refractivity contribution < 1.29 is 0 Å². The van der Waals surface area contributed by atoms with Crippen molar-refractivity contribution in [3.8, 4) is 6.07 Å². The molecule has 12 heavy (non-hydrogen) atoms. The summed E-state index contributed by atoms with van der Waals surface area (Å²) in [6, 6.07) is 6.68. The molecule has 0 unspecified atom stereocenters. The second-order valence-corrected chi connectivity index (χ2v) is 4.75. The molecule has 0 amide bonds. The summed E-state index contributed by atoms with van der Waals surface area (Å²) in [7, 11) is 0. The summed E-state index contributed by atoms with van der Waals surface area (Å²) in [5, 5.41) is 9.06. The van der Waals surface area contributed by atoms with E-state index in [0.717, 1.165) is 12.8 Å². The number of thiophene rings is 1. The molecule has 0 aliphatic heterocycles. The highest BCUT2D eigenvalue weighted by Crippen LogP contribution is 2.45. The zero-order valence-corrected chi connectivity index (χ0v) is 7.95. The molecule has 1 nitrogen and oxygen atoms in total. The van der Waals surface area contributed by atoms with Crippen molar-refractivity contribution in [3.05, 3.63) is 21.9 Å². The standard InChI is InChI=1S/C10H11NS/c1-8-3-4-9(12-8)10(7-11)5-2-6-10/h3-4H,2,5-6H2,1H3. The highest BCUT2D eigenvalue weighted by Gasteiger charge is 2.39. The van der Waals surface area contributed by atoms with Crippen LogP contribution in [0.2, 0.25) is 0 Å². The quantitative estimate of drug-likeness (QED) is 0.647. The summed E-state index contributed by atoms with van der Waals surface area (Å²) < 4.78 is 0. The highest BCUT2D eigenvalue weighted by molar-refractivity contribution is 7.12. The first kappa shape index (κ1) is 7.82. The molecule has 0 atom stereocenters. The van der Waals surface area contributed by atoms with Crippen LogP contribution in [-0.4, -0.2) is 0 Å². The van der Waals surface area contributed by atoms with E-state index in [1.165, 1.54) is 16.2 Å². The van der Waals surface area contributed by atoms with E-state index in [-0.39, 0.29) is 5.41 Å². The molecule has 1 saturated carbocycles. The van der Waals surface area contributed by atoms with E-state index in [0.29, 0.717) is 0 Å². The van der Waals surface area contributed by atoms with Gasteiger partial charge in [0.15, 0.2) is 0 Å². The first-order valence-electron chi connectivity index (χ1n) is 4.25. The van der Waals surface area contributed by atoms with Crippen LogP contribution in [0.3, 0.4) is 0 Å². The van der Waals surface area contributed by atoms with Crippen molar-refractivity contribution >= 4 is 11.3 Å². The van der Waals surface area contributed by atoms with Gasteiger partial charge in [0.05, 0.1) is 11.5 Å². The third-order valence-electron chi connectivity index (χ3n) is 2.63. The molecule has 1 aliphatic rings. The van der Waals surface area contributed by atoms with E-state index in [2.05, 4.69) is 25.1 Å². The van der Waals surface area contributed by atoms with Crippen LogP contribution in [0, 0.1) is 18.3 Å². The average molecular weight is 177 g/mol. The second-order valence-electron chi connectivity index (χ2n) is 3.46. The minimum Gasteiger partial charge on any atom is -0.197 e. The molecular weight excluding hydrogens is 166 g/mol. The zero-order chi connectivity index (χ0) is 8.60. The molecule has 1 aromatic heterocycles. The van der Waals surface area contributed by atoms with Gasteiger partial charge in [0.2, 0.25) is 0 Å². The molecule has 0 aromatic carbocycles. The minimum absolute atomic E-state index is 0.0983. The number of nitriles is 1. The fourth-order valence-electron chi connectivity index (χ4n) is 1.64. The topological polar surface area (TPSA) is 23.8 Å². The monoisotopic (exact) mass is 177 g/mol. The van der Waals surface area contributed by atoms with Crippen molar-refractivity contribution in [2.75, 3.05) is 0 Å². The minimum atomic E-state index is -0.0983. The predicted molar refractivity (Wildman–Crippen MR) is 50.2 cm³/mol. The average Bonchev–Trinajstić information content (AvgIpc) is 2.35. The SMILES string of the molecule is Cc1ccc(C2(C#N)CCC2)s1. The highest BCUT2D eigenvalue weighted by atomic mass is 32.1. The number of aryl methyl sites for hydroxylation is 1. The van der Waals surface area contributed by atoms with E-state index in [1.54, 1.807) is 11.3 Å². The van der Waals surface area contributed by atoms with E-state index in [1.807, 2.05) is 0 Å². The van der Waals surface area contributed by atoms with Crippen molar-refractivity contribution in [2.24, 2.45) is 0 Å². The van der Waals surface area contributed by atoms with Crippen LogP contribution in [0.25, 0.3) is 0 Å². The van der Waals surface area contributed by atoms with Gasteiger partial charge >= 0.3 is 0 Å². The van der Waals surface area contributed by atoms with E-state index in [9.17, 15) is 0 Å². The first-order chi connectivity index (χ1) is 5.77. The lowest BCUT2D eigenvalue weighted by atomic mass is 9.69. The largest absolute Gasteiger partial charge is 0.197 e. The molecule has 0 N–H and O–H groups in total. The maximum Gasteiger partial charge on any atom is 0.0914 e. The summed E-state index contributed by atoms with van der Waals surface area (Å²) in [5.41, 5.74) is -0.0983. The molecule has 1 fully saturated rings. The summed E-state index contributed by atoms with van der Waals surface area (Å²) in [6.45, 7) is 2.10. The number of hydrogen-bond donors (Lipinski definition) is 0. The molecule has 2 rings (SSSR count). The lowest BCUT2D eigenvalue weighted by molar-refractivity contribution is 0.330. The van der Waals surface area contributed by atoms with Gasteiger partial charge in [-0.15, -0.1) is 11.3 Å². The van der Waals surface area contributed by atoms with Gasteiger partial charge in [0, 0.05) is 9.75 Å². The van der Waals surface area contributed by atoms with Crippen LogP contribution in [0.4, 0.5) is 0 Å². The Hall–Kier alpha value is -0.810.